The van der Waals surface area contributed by atoms with Crippen molar-refractivity contribution in [1.29, 1.82) is 0 Å². The standard InChI is InChI=1S/C21H26N2O3/c1-14(2)17-8-6-7-9-18(17)22-21(25)13-23(16(4)24)19-12-15(3)10-11-20(19)26-5/h6-12,14H,13H2,1-5H3,(H,22,25). The molecule has 0 heterocycles. The van der Waals surface area contributed by atoms with E-state index in [1.165, 1.54) is 11.8 Å². The second kappa shape index (κ2) is 8.52. The minimum absolute atomic E-state index is 0.0818. The molecule has 5 heteroatoms. The van der Waals surface area contributed by atoms with E-state index in [1.807, 2.05) is 43.3 Å². The Morgan fingerprint density at radius 2 is 1.85 bits per heavy atom. The molecule has 2 rings (SSSR count). The van der Waals surface area contributed by atoms with Crippen LogP contribution < -0.4 is 15.0 Å². The number of methoxy groups -OCH3 is 1. The van der Waals surface area contributed by atoms with Crippen molar-refractivity contribution in [1.82, 2.24) is 0 Å². The molecular formula is C21H26N2O3. The van der Waals surface area contributed by atoms with Crippen LogP contribution in [0.2, 0.25) is 0 Å². The second-order valence-corrected chi connectivity index (χ2v) is 6.57. The van der Waals surface area contributed by atoms with Gasteiger partial charge < -0.3 is 10.1 Å². The highest BCUT2D eigenvalue weighted by Gasteiger charge is 2.20. The molecule has 0 saturated carbocycles. The lowest BCUT2D eigenvalue weighted by molar-refractivity contribution is -0.120. The molecule has 0 aliphatic rings. The van der Waals surface area contributed by atoms with Gasteiger partial charge in [0.25, 0.3) is 0 Å². The summed E-state index contributed by atoms with van der Waals surface area (Å²) in [5, 5.41) is 2.93. The molecule has 0 unspecified atom stereocenters. The van der Waals surface area contributed by atoms with Gasteiger partial charge in [-0.1, -0.05) is 38.1 Å². The van der Waals surface area contributed by atoms with Crippen molar-refractivity contribution in [3.63, 3.8) is 0 Å². The zero-order valence-corrected chi connectivity index (χ0v) is 16.0. The van der Waals surface area contributed by atoms with Gasteiger partial charge in [0.05, 0.1) is 12.8 Å². The van der Waals surface area contributed by atoms with E-state index in [1.54, 1.807) is 13.2 Å². The zero-order valence-electron chi connectivity index (χ0n) is 16.0. The molecule has 0 saturated heterocycles. The number of aryl methyl sites for hydroxylation is 1. The molecule has 0 aliphatic carbocycles. The predicted molar refractivity (Wildman–Crippen MR) is 105 cm³/mol. The van der Waals surface area contributed by atoms with Crippen LogP contribution in [0.25, 0.3) is 0 Å². The Balaban J connectivity index is 2.25. The number of carbonyl (C=O) groups excluding carboxylic acids is 2. The highest BCUT2D eigenvalue weighted by Crippen LogP contribution is 2.30. The molecule has 26 heavy (non-hydrogen) atoms. The molecule has 0 spiro atoms. The second-order valence-electron chi connectivity index (χ2n) is 6.57. The Bertz CT molecular complexity index is 800. The highest BCUT2D eigenvalue weighted by molar-refractivity contribution is 6.02. The summed E-state index contributed by atoms with van der Waals surface area (Å²) in [5.41, 5.74) is 3.40. The fourth-order valence-corrected chi connectivity index (χ4v) is 2.82. The van der Waals surface area contributed by atoms with E-state index < -0.39 is 0 Å². The molecule has 2 amide bonds. The molecule has 0 bridgehead atoms. The van der Waals surface area contributed by atoms with E-state index >= 15 is 0 Å². The van der Waals surface area contributed by atoms with Gasteiger partial charge in [0, 0.05) is 12.6 Å². The Morgan fingerprint density at radius 1 is 1.15 bits per heavy atom. The minimum Gasteiger partial charge on any atom is -0.495 e. The summed E-state index contributed by atoms with van der Waals surface area (Å²) >= 11 is 0. The smallest absolute Gasteiger partial charge is 0.244 e. The largest absolute Gasteiger partial charge is 0.495 e. The summed E-state index contributed by atoms with van der Waals surface area (Å²) in [4.78, 5) is 26.2. The van der Waals surface area contributed by atoms with Crippen molar-refractivity contribution < 1.29 is 14.3 Å². The topological polar surface area (TPSA) is 58.6 Å². The van der Waals surface area contributed by atoms with Gasteiger partial charge in [-0.2, -0.15) is 0 Å². The number of anilines is 2. The first-order chi connectivity index (χ1) is 12.3. The monoisotopic (exact) mass is 354 g/mol. The van der Waals surface area contributed by atoms with E-state index in [0.29, 0.717) is 11.4 Å². The van der Waals surface area contributed by atoms with Crippen LogP contribution in [0.5, 0.6) is 5.75 Å². The van der Waals surface area contributed by atoms with Gasteiger partial charge in [-0.25, -0.2) is 0 Å². The predicted octanol–water partition coefficient (Wildman–Crippen LogP) is 4.12. The summed E-state index contributed by atoms with van der Waals surface area (Å²) in [6.07, 6.45) is 0. The minimum atomic E-state index is -0.253. The lowest BCUT2D eigenvalue weighted by Crippen LogP contribution is -2.37. The van der Waals surface area contributed by atoms with E-state index in [-0.39, 0.29) is 24.3 Å². The summed E-state index contributed by atoms with van der Waals surface area (Å²) < 4.78 is 5.36. The fourth-order valence-electron chi connectivity index (χ4n) is 2.82. The van der Waals surface area contributed by atoms with Crippen LogP contribution in [0.3, 0.4) is 0 Å². The third kappa shape index (κ3) is 4.63. The van der Waals surface area contributed by atoms with Crippen molar-refractivity contribution in [3.05, 3.63) is 53.6 Å². The molecule has 0 atom stereocenters. The van der Waals surface area contributed by atoms with Crippen molar-refractivity contribution in [2.75, 3.05) is 23.9 Å². The van der Waals surface area contributed by atoms with Gasteiger partial charge in [-0.05, 0) is 42.2 Å². The molecule has 2 aromatic carbocycles. The molecule has 0 radical (unpaired) electrons. The van der Waals surface area contributed by atoms with E-state index in [9.17, 15) is 9.59 Å². The normalized spacial score (nSPS) is 10.5. The maximum Gasteiger partial charge on any atom is 0.244 e. The van der Waals surface area contributed by atoms with Gasteiger partial charge in [-0.15, -0.1) is 0 Å². The Kier molecular flexibility index (Phi) is 6.39. The average molecular weight is 354 g/mol. The van der Waals surface area contributed by atoms with Crippen molar-refractivity contribution in [2.24, 2.45) is 0 Å². The van der Waals surface area contributed by atoms with Crippen LogP contribution >= 0.6 is 0 Å². The van der Waals surface area contributed by atoms with Gasteiger partial charge in [0.1, 0.15) is 12.3 Å². The number of hydrogen-bond acceptors (Lipinski definition) is 3. The third-order valence-corrected chi connectivity index (χ3v) is 4.16. The van der Waals surface area contributed by atoms with Crippen LogP contribution in [-0.2, 0) is 9.59 Å². The Hall–Kier alpha value is -2.82. The molecule has 1 N–H and O–H groups in total. The van der Waals surface area contributed by atoms with Gasteiger partial charge in [-0.3, -0.25) is 14.5 Å². The molecule has 0 fully saturated rings. The number of nitrogens with zero attached hydrogens (tertiary/aromatic N) is 1. The quantitative estimate of drug-likeness (QED) is 0.849. The van der Waals surface area contributed by atoms with E-state index in [0.717, 1.165) is 16.8 Å². The Morgan fingerprint density at radius 3 is 2.46 bits per heavy atom. The third-order valence-electron chi connectivity index (χ3n) is 4.16. The number of carbonyl (C=O) groups is 2. The summed E-state index contributed by atoms with van der Waals surface area (Å²) in [6, 6.07) is 13.2. The van der Waals surface area contributed by atoms with Crippen LogP contribution in [-0.4, -0.2) is 25.5 Å². The first-order valence-corrected chi connectivity index (χ1v) is 8.65. The first kappa shape index (κ1) is 19.5. The maximum atomic E-state index is 12.6. The molecule has 0 aliphatic heterocycles. The maximum absolute atomic E-state index is 12.6. The summed E-state index contributed by atoms with van der Waals surface area (Å²) in [7, 11) is 1.55. The number of benzene rings is 2. The van der Waals surface area contributed by atoms with E-state index in [2.05, 4.69) is 19.2 Å². The van der Waals surface area contributed by atoms with Crippen LogP contribution in [0.4, 0.5) is 11.4 Å². The molecule has 0 aromatic heterocycles. The Labute approximate surface area is 155 Å². The van der Waals surface area contributed by atoms with Gasteiger partial charge >= 0.3 is 0 Å². The first-order valence-electron chi connectivity index (χ1n) is 8.65. The SMILES string of the molecule is COc1ccc(C)cc1N(CC(=O)Nc1ccccc1C(C)C)C(C)=O. The number of nitrogens with one attached hydrogen (secondary N) is 1. The van der Waals surface area contributed by atoms with Crippen LogP contribution in [0.15, 0.2) is 42.5 Å². The molecule has 5 nitrogen and oxygen atoms in total. The fraction of sp³-hybridized carbons (Fsp3) is 0.333. The highest BCUT2D eigenvalue weighted by atomic mass is 16.5. The number of hydrogen-bond donors (Lipinski definition) is 1. The molecular weight excluding hydrogens is 328 g/mol. The number of ether oxygens (including phenoxy) is 1. The van der Waals surface area contributed by atoms with Crippen LogP contribution in [0, 0.1) is 6.92 Å². The van der Waals surface area contributed by atoms with Crippen molar-refractivity contribution >= 4 is 23.2 Å². The van der Waals surface area contributed by atoms with Crippen LogP contribution in [0.1, 0.15) is 37.8 Å². The zero-order chi connectivity index (χ0) is 19.3. The van der Waals surface area contributed by atoms with Gasteiger partial charge in [0.2, 0.25) is 11.8 Å². The number of rotatable bonds is 6. The molecule has 138 valence electrons. The van der Waals surface area contributed by atoms with Gasteiger partial charge in [0.15, 0.2) is 0 Å². The lowest BCUT2D eigenvalue weighted by atomic mass is 10.0. The summed E-state index contributed by atoms with van der Waals surface area (Å²) in [6.45, 7) is 7.44. The molecule has 2 aromatic rings. The number of para-hydroxylation sites is 1. The summed E-state index contributed by atoms with van der Waals surface area (Å²) in [5.74, 6) is 0.367. The van der Waals surface area contributed by atoms with Crippen molar-refractivity contribution in [3.8, 4) is 5.75 Å². The lowest BCUT2D eigenvalue weighted by Gasteiger charge is -2.23. The average Bonchev–Trinajstić information content (AvgIpc) is 2.59. The van der Waals surface area contributed by atoms with Crippen molar-refractivity contribution in [2.45, 2.75) is 33.6 Å². The van der Waals surface area contributed by atoms with E-state index in [4.69, 9.17) is 4.74 Å². The number of amides is 2.